The van der Waals surface area contributed by atoms with E-state index in [0.717, 1.165) is 31.5 Å². The molecule has 1 saturated carbocycles. The van der Waals surface area contributed by atoms with Crippen LogP contribution in [0.15, 0.2) is 10.5 Å². The molecule has 0 saturated heterocycles. The van der Waals surface area contributed by atoms with Gasteiger partial charge in [-0.15, -0.1) is 11.3 Å². The molecule has 16 heavy (non-hydrogen) atoms. The lowest BCUT2D eigenvalue weighted by atomic mass is 10.2. The average Bonchev–Trinajstić information content (AvgIpc) is 2.95. The fourth-order valence-corrected chi connectivity index (χ4v) is 3.72. The van der Waals surface area contributed by atoms with Gasteiger partial charge in [-0.3, -0.25) is 0 Å². The van der Waals surface area contributed by atoms with E-state index in [0.29, 0.717) is 0 Å². The summed E-state index contributed by atoms with van der Waals surface area (Å²) in [5.41, 5.74) is 0. The van der Waals surface area contributed by atoms with Crippen molar-refractivity contribution in [2.75, 3.05) is 26.8 Å². The van der Waals surface area contributed by atoms with Crippen LogP contribution in [0.1, 0.15) is 22.1 Å². The zero-order valence-electron chi connectivity index (χ0n) is 9.75. The second-order valence-corrected chi connectivity index (χ2v) is 6.49. The van der Waals surface area contributed by atoms with Crippen molar-refractivity contribution in [2.24, 2.45) is 5.92 Å². The van der Waals surface area contributed by atoms with E-state index >= 15 is 0 Å². The molecule has 2 rings (SSSR count). The molecule has 4 heteroatoms. The fourth-order valence-electron chi connectivity index (χ4n) is 1.95. The van der Waals surface area contributed by atoms with Gasteiger partial charge in [0, 0.05) is 27.9 Å². The van der Waals surface area contributed by atoms with E-state index in [4.69, 9.17) is 4.74 Å². The molecule has 1 fully saturated rings. The summed E-state index contributed by atoms with van der Waals surface area (Å²) in [5, 5.41) is 3.44. The van der Waals surface area contributed by atoms with E-state index in [9.17, 15) is 0 Å². The van der Waals surface area contributed by atoms with Gasteiger partial charge in [0.1, 0.15) is 0 Å². The van der Waals surface area contributed by atoms with Crippen LogP contribution in [0, 0.1) is 12.8 Å². The van der Waals surface area contributed by atoms with E-state index in [1.54, 1.807) is 12.0 Å². The van der Waals surface area contributed by atoms with E-state index in [1.807, 2.05) is 11.3 Å². The maximum atomic E-state index is 5.01. The molecular weight excluding hydrogens is 286 g/mol. The lowest BCUT2D eigenvalue weighted by Crippen LogP contribution is -2.21. The molecule has 1 N–H and O–H groups in total. The molecular formula is C12H18BrNOS. The first-order valence-electron chi connectivity index (χ1n) is 5.68. The van der Waals surface area contributed by atoms with E-state index in [2.05, 4.69) is 34.2 Å². The van der Waals surface area contributed by atoms with Gasteiger partial charge in [-0.25, -0.2) is 0 Å². The van der Waals surface area contributed by atoms with Gasteiger partial charge in [-0.2, -0.15) is 0 Å². The quantitative estimate of drug-likeness (QED) is 0.815. The second-order valence-electron chi connectivity index (χ2n) is 4.35. The van der Waals surface area contributed by atoms with Crippen molar-refractivity contribution in [3.63, 3.8) is 0 Å². The topological polar surface area (TPSA) is 21.3 Å². The van der Waals surface area contributed by atoms with Crippen LogP contribution in [0.25, 0.3) is 0 Å². The number of aryl methyl sites for hydroxylation is 1. The Hall–Kier alpha value is 0.1000. The first-order chi connectivity index (χ1) is 7.72. The minimum absolute atomic E-state index is 0.796. The summed E-state index contributed by atoms with van der Waals surface area (Å²) in [6.45, 7) is 5.07. The average molecular weight is 304 g/mol. The molecule has 1 aromatic heterocycles. The minimum Gasteiger partial charge on any atom is -0.383 e. The van der Waals surface area contributed by atoms with Gasteiger partial charge in [0.15, 0.2) is 0 Å². The molecule has 0 radical (unpaired) electrons. The first-order valence-corrected chi connectivity index (χ1v) is 7.28. The molecule has 1 aliphatic rings. The Kier molecular flexibility index (Phi) is 4.41. The van der Waals surface area contributed by atoms with Crippen molar-refractivity contribution in [1.29, 1.82) is 0 Å². The number of halogens is 1. The van der Waals surface area contributed by atoms with E-state index in [-0.39, 0.29) is 0 Å². The first kappa shape index (κ1) is 12.6. The Morgan fingerprint density at radius 2 is 2.44 bits per heavy atom. The van der Waals surface area contributed by atoms with Crippen LogP contribution in [0.3, 0.4) is 0 Å². The minimum atomic E-state index is 0.796. The number of methoxy groups -OCH3 is 1. The molecule has 1 aromatic rings. The molecule has 2 unspecified atom stereocenters. The van der Waals surface area contributed by atoms with Crippen molar-refractivity contribution in [3.8, 4) is 0 Å². The third-order valence-electron chi connectivity index (χ3n) is 3.05. The highest BCUT2D eigenvalue weighted by atomic mass is 79.9. The number of thiophene rings is 1. The van der Waals surface area contributed by atoms with Crippen LogP contribution in [0.2, 0.25) is 0 Å². The van der Waals surface area contributed by atoms with Crippen LogP contribution in [0.5, 0.6) is 0 Å². The van der Waals surface area contributed by atoms with Gasteiger partial charge in [0.2, 0.25) is 0 Å². The highest BCUT2D eigenvalue weighted by molar-refractivity contribution is 9.10. The zero-order valence-corrected chi connectivity index (χ0v) is 12.2. The summed E-state index contributed by atoms with van der Waals surface area (Å²) in [6, 6.07) is 2.29. The lowest BCUT2D eigenvalue weighted by Gasteiger charge is -2.02. The highest BCUT2D eigenvalue weighted by Crippen LogP contribution is 2.50. The van der Waals surface area contributed by atoms with Crippen molar-refractivity contribution in [3.05, 3.63) is 20.3 Å². The Bertz CT molecular complexity index is 333. The predicted octanol–water partition coefficient (Wildman–Crippen LogP) is 3.16. The monoisotopic (exact) mass is 303 g/mol. The molecule has 2 atom stereocenters. The van der Waals surface area contributed by atoms with Gasteiger partial charge in [0.25, 0.3) is 0 Å². The summed E-state index contributed by atoms with van der Waals surface area (Å²) < 4.78 is 6.28. The summed E-state index contributed by atoms with van der Waals surface area (Å²) in [5.74, 6) is 1.63. The summed E-state index contributed by atoms with van der Waals surface area (Å²) >= 11 is 5.52. The van der Waals surface area contributed by atoms with Crippen molar-refractivity contribution >= 4 is 27.3 Å². The predicted molar refractivity (Wildman–Crippen MR) is 72.3 cm³/mol. The molecule has 0 aromatic carbocycles. The third kappa shape index (κ3) is 3.06. The summed E-state index contributed by atoms with van der Waals surface area (Å²) in [4.78, 5) is 2.94. The second kappa shape index (κ2) is 5.63. The number of hydrogen-bond acceptors (Lipinski definition) is 3. The van der Waals surface area contributed by atoms with Crippen LogP contribution < -0.4 is 5.32 Å². The SMILES string of the molecule is COCCNCC1CC1c1cc(Br)c(C)s1. The van der Waals surface area contributed by atoms with Crippen molar-refractivity contribution in [2.45, 2.75) is 19.3 Å². The maximum Gasteiger partial charge on any atom is 0.0587 e. The molecule has 0 aliphatic heterocycles. The molecule has 90 valence electrons. The number of ether oxygens (including phenoxy) is 1. The summed E-state index contributed by atoms with van der Waals surface area (Å²) in [6.07, 6.45) is 1.34. The number of hydrogen-bond donors (Lipinski definition) is 1. The Morgan fingerprint density at radius 3 is 3.06 bits per heavy atom. The fraction of sp³-hybridized carbons (Fsp3) is 0.667. The molecule has 0 spiro atoms. The zero-order chi connectivity index (χ0) is 11.5. The Morgan fingerprint density at radius 1 is 1.62 bits per heavy atom. The van der Waals surface area contributed by atoms with Crippen LogP contribution in [-0.4, -0.2) is 26.8 Å². The molecule has 1 heterocycles. The third-order valence-corrected chi connectivity index (χ3v) is 5.32. The lowest BCUT2D eigenvalue weighted by molar-refractivity contribution is 0.199. The maximum absolute atomic E-state index is 5.01. The van der Waals surface area contributed by atoms with Gasteiger partial charge in [-0.1, -0.05) is 0 Å². The number of nitrogens with one attached hydrogen (secondary N) is 1. The standard InChI is InChI=1S/C12H18BrNOS/c1-8-11(13)6-12(16-8)10-5-9(10)7-14-3-4-15-2/h6,9-10,14H,3-5,7H2,1-2H3. The molecule has 0 amide bonds. The molecule has 2 nitrogen and oxygen atoms in total. The Balaban J connectivity index is 1.74. The summed E-state index contributed by atoms with van der Waals surface area (Å²) in [7, 11) is 1.74. The van der Waals surface area contributed by atoms with Gasteiger partial charge < -0.3 is 10.1 Å². The van der Waals surface area contributed by atoms with Crippen molar-refractivity contribution in [1.82, 2.24) is 5.32 Å². The molecule has 0 bridgehead atoms. The number of rotatable bonds is 6. The van der Waals surface area contributed by atoms with Crippen LogP contribution >= 0.6 is 27.3 Å². The van der Waals surface area contributed by atoms with Gasteiger partial charge >= 0.3 is 0 Å². The molecule has 1 aliphatic carbocycles. The smallest absolute Gasteiger partial charge is 0.0587 e. The highest BCUT2D eigenvalue weighted by Gasteiger charge is 2.38. The van der Waals surface area contributed by atoms with E-state index < -0.39 is 0 Å². The largest absolute Gasteiger partial charge is 0.383 e. The van der Waals surface area contributed by atoms with Gasteiger partial charge in [0.05, 0.1) is 6.61 Å². The van der Waals surface area contributed by atoms with Crippen LogP contribution in [-0.2, 0) is 4.74 Å². The van der Waals surface area contributed by atoms with Crippen molar-refractivity contribution < 1.29 is 4.74 Å². The van der Waals surface area contributed by atoms with E-state index in [1.165, 1.54) is 15.8 Å². The van der Waals surface area contributed by atoms with Crippen LogP contribution in [0.4, 0.5) is 0 Å². The van der Waals surface area contributed by atoms with Gasteiger partial charge in [-0.05, 0) is 53.7 Å². The normalized spacial score (nSPS) is 23.7. The Labute approximate surface area is 110 Å².